The molecule has 1 aromatic rings. The van der Waals surface area contributed by atoms with Crippen molar-refractivity contribution in [2.75, 3.05) is 6.61 Å². The molecule has 0 amide bonds. The second kappa shape index (κ2) is 5.60. The summed E-state index contributed by atoms with van der Waals surface area (Å²) in [5.41, 5.74) is 0.487. The van der Waals surface area contributed by atoms with Crippen LogP contribution < -0.4 is 4.74 Å². The van der Waals surface area contributed by atoms with Crippen molar-refractivity contribution in [1.82, 2.24) is 0 Å². The smallest absolute Gasteiger partial charge is 0.156 e. The van der Waals surface area contributed by atoms with E-state index in [-0.39, 0.29) is 0 Å². The van der Waals surface area contributed by atoms with Crippen LogP contribution in [0.5, 0.6) is 5.75 Å². The lowest BCUT2D eigenvalue weighted by atomic mass is 10.0. The van der Waals surface area contributed by atoms with E-state index in [1.165, 1.54) is 12.8 Å². The standard InChI is InChI=1S/C13H11Cl2NO2/c14-11-3-9(10(5-16)6-17)4-12(15)13(11)18-7-8-1-2-8/h3-4,6,8,10H,1-2,7H2. The van der Waals surface area contributed by atoms with Crippen molar-refractivity contribution < 1.29 is 9.53 Å². The van der Waals surface area contributed by atoms with Crippen molar-refractivity contribution in [2.24, 2.45) is 5.92 Å². The van der Waals surface area contributed by atoms with Crippen LogP contribution in [0.4, 0.5) is 0 Å². The molecule has 0 heterocycles. The summed E-state index contributed by atoms with van der Waals surface area (Å²) in [5, 5.41) is 9.48. The molecular weight excluding hydrogens is 273 g/mol. The van der Waals surface area contributed by atoms with Gasteiger partial charge in [-0.2, -0.15) is 5.26 Å². The van der Waals surface area contributed by atoms with E-state index in [1.807, 2.05) is 6.07 Å². The Balaban J connectivity index is 2.22. The van der Waals surface area contributed by atoms with E-state index in [4.69, 9.17) is 33.2 Å². The molecule has 1 fully saturated rings. The highest BCUT2D eigenvalue weighted by molar-refractivity contribution is 6.37. The molecule has 0 bridgehead atoms. The first-order chi connectivity index (χ1) is 8.65. The summed E-state index contributed by atoms with van der Waals surface area (Å²) < 4.78 is 5.56. The number of ether oxygens (including phenoxy) is 1. The van der Waals surface area contributed by atoms with E-state index >= 15 is 0 Å². The Labute approximate surface area is 115 Å². The summed E-state index contributed by atoms with van der Waals surface area (Å²) in [5.74, 6) is 0.174. The fourth-order valence-electron chi connectivity index (χ4n) is 1.57. The average Bonchev–Trinajstić information content (AvgIpc) is 3.13. The average molecular weight is 284 g/mol. The molecule has 1 aliphatic rings. The first-order valence-electron chi connectivity index (χ1n) is 5.62. The molecule has 1 saturated carbocycles. The molecule has 0 N–H and O–H groups in total. The molecule has 0 aromatic heterocycles. The summed E-state index contributed by atoms with van der Waals surface area (Å²) in [6.07, 6.45) is 2.91. The van der Waals surface area contributed by atoms with Crippen molar-refractivity contribution in [3.8, 4) is 11.8 Å². The fourth-order valence-corrected chi connectivity index (χ4v) is 2.18. The van der Waals surface area contributed by atoms with E-state index in [9.17, 15) is 4.79 Å². The minimum atomic E-state index is -0.850. The lowest BCUT2D eigenvalue weighted by Gasteiger charge is -2.12. The van der Waals surface area contributed by atoms with Gasteiger partial charge in [0.2, 0.25) is 0 Å². The van der Waals surface area contributed by atoms with E-state index in [1.54, 1.807) is 12.1 Å². The molecule has 94 valence electrons. The van der Waals surface area contributed by atoms with Gasteiger partial charge < -0.3 is 9.53 Å². The molecule has 18 heavy (non-hydrogen) atoms. The molecule has 5 heteroatoms. The Morgan fingerprint density at radius 2 is 2.06 bits per heavy atom. The molecule has 0 spiro atoms. The molecule has 1 unspecified atom stereocenters. The lowest BCUT2D eigenvalue weighted by molar-refractivity contribution is -0.108. The van der Waals surface area contributed by atoms with Crippen LogP contribution in [0.1, 0.15) is 24.3 Å². The van der Waals surface area contributed by atoms with Crippen LogP contribution >= 0.6 is 23.2 Å². The van der Waals surface area contributed by atoms with Gasteiger partial charge in [0.25, 0.3) is 0 Å². The van der Waals surface area contributed by atoms with E-state index < -0.39 is 5.92 Å². The Morgan fingerprint density at radius 1 is 1.44 bits per heavy atom. The van der Waals surface area contributed by atoms with E-state index in [0.29, 0.717) is 40.2 Å². The summed E-state index contributed by atoms with van der Waals surface area (Å²) in [4.78, 5) is 10.7. The summed E-state index contributed by atoms with van der Waals surface area (Å²) in [6.45, 7) is 0.605. The van der Waals surface area contributed by atoms with Gasteiger partial charge in [-0.15, -0.1) is 0 Å². The maximum atomic E-state index is 10.7. The van der Waals surface area contributed by atoms with Gasteiger partial charge >= 0.3 is 0 Å². The number of hydrogen-bond donors (Lipinski definition) is 0. The Hall–Kier alpha value is -1.24. The van der Waals surface area contributed by atoms with Gasteiger partial charge in [-0.3, -0.25) is 0 Å². The molecule has 0 radical (unpaired) electrons. The van der Waals surface area contributed by atoms with Crippen LogP contribution in [0, 0.1) is 17.2 Å². The third-order valence-electron chi connectivity index (χ3n) is 2.82. The number of nitrogens with zero attached hydrogens (tertiary/aromatic N) is 1. The highest BCUT2D eigenvalue weighted by Gasteiger charge is 2.23. The highest BCUT2D eigenvalue weighted by Crippen LogP contribution is 2.38. The number of nitriles is 1. The van der Waals surface area contributed by atoms with Crippen molar-refractivity contribution in [3.05, 3.63) is 27.7 Å². The molecule has 3 nitrogen and oxygen atoms in total. The summed E-state index contributed by atoms with van der Waals surface area (Å²) >= 11 is 12.1. The number of hydrogen-bond acceptors (Lipinski definition) is 3. The quantitative estimate of drug-likeness (QED) is 0.776. The number of rotatable bonds is 5. The van der Waals surface area contributed by atoms with Gasteiger partial charge in [0.05, 0.1) is 22.7 Å². The second-order valence-corrected chi connectivity index (χ2v) is 5.13. The fraction of sp³-hybridized carbons (Fsp3) is 0.385. The van der Waals surface area contributed by atoms with Gasteiger partial charge in [0, 0.05) is 0 Å². The summed E-state index contributed by atoms with van der Waals surface area (Å²) in [6, 6.07) is 4.98. The predicted molar refractivity (Wildman–Crippen MR) is 69.1 cm³/mol. The lowest BCUT2D eigenvalue weighted by Crippen LogP contribution is -2.02. The zero-order valence-corrected chi connectivity index (χ0v) is 11.0. The maximum absolute atomic E-state index is 10.7. The van der Waals surface area contributed by atoms with Gasteiger partial charge in [0.15, 0.2) is 5.75 Å². The SMILES string of the molecule is N#CC(C=O)c1cc(Cl)c(OCC2CC2)c(Cl)c1. The molecular formula is C13H11Cl2NO2. The zero-order valence-electron chi connectivity index (χ0n) is 9.53. The van der Waals surface area contributed by atoms with Gasteiger partial charge in [0.1, 0.15) is 12.2 Å². The van der Waals surface area contributed by atoms with E-state index in [2.05, 4.69) is 0 Å². The minimum Gasteiger partial charge on any atom is -0.490 e. The van der Waals surface area contributed by atoms with Crippen LogP contribution in [0.2, 0.25) is 10.0 Å². The second-order valence-electron chi connectivity index (χ2n) is 4.31. The van der Waals surface area contributed by atoms with Crippen molar-refractivity contribution in [1.29, 1.82) is 5.26 Å². The van der Waals surface area contributed by atoms with Crippen LogP contribution in [-0.2, 0) is 4.79 Å². The Morgan fingerprint density at radius 3 is 2.50 bits per heavy atom. The Bertz CT molecular complexity index is 483. The molecule has 2 rings (SSSR count). The van der Waals surface area contributed by atoms with Gasteiger partial charge in [-0.05, 0) is 36.5 Å². The molecule has 1 aliphatic carbocycles. The van der Waals surface area contributed by atoms with Gasteiger partial charge in [-0.1, -0.05) is 23.2 Å². The van der Waals surface area contributed by atoms with Crippen LogP contribution in [0.3, 0.4) is 0 Å². The molecule has 0 aliphatic heterocycles. The molecule has 1 atom stereocenters. The van der Waals surface area contributed by atoms with Crippen molar-refractivity contribution in [3.63, 3.8) is 0 Å². The highest BCUT2D eigenvalue weighted by atomic mass is 35.5. The monoisotopic (exact) mass is 283 g/mol. The largest absolute Gasteiger partial charge is 0.490 e. The first-order valence-corrected chi connectivity index (χ1v) is 6.38. The van der Waals surface area contributed by atoms with Crippen LogP contribution in [0.15, 0.2) is 12.1 Å². The maximum Gasteiger partial charge on any atom is 0.156 e. The summed E-state index contributed by atoms with van der Waals surface area (Å²) in [7, 11) is 0. The number of benzene rings is 1. The number of aldehydes is 1. The predicted octanol–water partition coefficient (Wildman–Crippen LogP) is 3.59. The van der Waals surface area contributed by atoms with Crippen molar-refractivity contribution >= 4 is 29.5 Å². The molecule has 1 aromatic carbocycles. The normalized spacial score (nSPS) is 15.8. The zero-order chi connectivity index (χ0) is 13.1. The van der Waals surface area contributed by atoms with Crippen LogP contribution in [0.25, 0.3) is 0 Å². The first kappa shape index (κ1) is 13.2. The van der Waals surface area contributed by atoms with Crippen LogP contribution in [-0.4, -0.2) is 12.9 Å². The van der Waals surface area contributed by atoms with E-state index in [0.717, 1.165) is 0 Å². The van der Waals surface area contributed by atoms with Crippen molar-refractivity contribution in [2.45, 2.75) is 18.8 Å². The topological polar surface area (TPSA) is 50.1 Å². The number of carbonyl (C=O) groups excluding carboxylic acids is 1. The van der Waals surface area contributed by atoms with Gasteiger partial charge in [-0.25, -0.2) is 0 Å². The number of halogens is 2. The Kier molecular flexibility index (Phi) is 4.11. The minimum absolute atomic E-state index is 0.334. The third kappa shape index (κ3) is 2.95. The number of carbonyl (C=O) groups is 1. The third-order valence-corrected chi connectivity index (χ3v) is 3.38. The molecule has 0 saturated heterocycles.